The molecule has 0 aliphatic carbocycles. The van der Waals surface area contributed by atoms with E-state index in [2.05, 4.69) is 4.98 Å². The fourth-order valence-electron chi connectivity index (χ4n) is 4.17. The first kappa shape index (κ1) is 25.8. The molecule has 4 rings (SSSR count). The Morgan fingerprint density at radius 1 is 0.892 bits per heavy atom. The number of ether oxygens (including phenoxy) is 5. The van der Waals surface area contributed by atoms with Gasteiger partial charge in [-0.2, -0.15) is 0 Å². The molecule has 2 aromatic carbocycles. The minimum atomic E-state index is -0.593. The molecule has 192 valence electrons. The molecule has 9 nitrogen and oxygen atoms in total. The zero-order chi connectivity index (χ0) is 26.9. The largest absolute Gasteiger partial charge is 0.497 e. The Morgan fingerprint density at radius 3 is 2.03 bits per heavy atom. The number of methoxy groups -OCH3 is 5. The number of thiophene rings is 1. The Hall–Kier alpha value is -4.31. The van der Waals surface area contributed by atoms with Gasteiger partial charge in [0.1, 0.15) is 15.5 Å². The summed E-state index contributed by atoms with van der Waals surface area (Å²) in [6.07, 6.45) is 0. The van der Waals surface area contributed by atoms with Crippen molar-refractivity contribution >= 4 is 39.0 Å². The normalized spacial score (nSPS) is 10.8. The monoisotopic (exact) mass is 522 g/mol. The Morgan fingerprint density at radius 2 is 1.51 bits per heavy atom. The third-order valence-electron chi connectivity index (χ3n) is 5.96. The molecular weight excluding hydrogens is 496 g/mol. The van der Waals surface area contributed by atoms with Crippen molar-refractivity contribution in [1.29, 1.82) is 0 Å². The second-order valence-electron chi connectivity index (χ2n) is 7.94. The first-order chi connectivity index (χ1) is 17.8. The van der Waals surface area contributed by atoms with E-state index in [0.29, 0.717) is 60.5 Å². The van der Waals surface area contributed by atoms with E-state index in [9.17, 15) is 9.59 Å². The maximum absolute atomic E-state index is 13.4. The smallest absolute Gasteiger partial charge is 0.340 e. The Kier molecular flexibility index (Phi) is 7.21. The van der Waals surface area contributed by atoms with Crippen LogP contribution in [0.15, 0.2) is 36.4 Å². The van der Waals surface area contributed by atoms with Crippen LogP contribution in [0, 0.1) is 6.92 Å². The van der Waals surface area contributed by atoms with Crippen molar-refractivity contribution in [3.8, 4) is 34.1 Å². The van der Waals surface area contributed by atoms with Gasteiger partial charge in [-0.1, -0.05) is 0 Å². The first-order valence-corrected chi connectivity index (χ1v) is 11.9. The fraction of sp³-hybridized carbons (Fsp3) is 0.222. The molecule has 2 heterocycles. The summed E-state index contributed by atoms with van der Waals surface area (Å²) in [7, 11) is 7.35. The highest BCUT2D eigenvalue weighted by atomic mass is 32.1. The number of esters is 1. The van der Waals surface area contributed by atoms with Gasteiger partial charge in [-0.3, -0.25) is 4.79 Å². The molecule has 0 unspecified atom stereocenters. The van der Waals surface area contributed by atoms with Gasteiger partial charge < -0.3 is 29.4 Å². The number of aryl methyl sites for hydroxylation is 1. The number of fused-ring (bicyclic) bond motifs is 1. The number of hydrogen-bond acceptors (Lipinski definition) is 10. The van der Waals surface area contributed by atoms with E-state index >= 15 is 0 Å². The van der Waals surface area contributed by atoms with Crippen molar-refractivity contribution in [3.63, 3.8) is 0 Å². The van der Waals surface area contributed by atoms with Crippen LogP contribution in [0.5, 0.6) is 23.0 Å². The molecule has 0 bridgehead atoms. The molecule has 10 heteroatoms. The van der Waals surface area contributed by atoms with Crippen LogP contribution in [-0.4, -0.2) is 52.3 Å². The minimum Gasteiger partial charge on any atom is -0.497 e. The number of nitrogens with zero attached hydrogens (tertiary/aromatic N) is 1. The Bertz CT molecular complexity index is 1480. The molecule has 0 aliphatic heterocycles. The number of hydrogen-bond donors (Lipinski definition) is 1. The summed E-state index contributed by atoms with van der Waals surface area (Å²) in [4.78, 5) is 31.8. The summed E-state index contributed by atoms with van der Waals surface area (Å²) in [5.41, 5.74) is 8.92. The van der Waals surface area contributed by atoms with E-state index in [1.54, 1.807) is 50.4 Å². The summed E-state index contributed by atoms with van der Waals surface area (Å²) in [6, 6.07) is 10.2. The lowest BCUT2D eigenvalue weighted by Crippen LogP contribution is -2.09. The Labute approximate surface area is 217 Å². The highest BCUT2D eigenvalue weighted by Gasteiger charge is 2.28. The molecule has 0 saturated carbocycles. The van der Waals surface area contributed by atoms with Crippen molar-refractivity contribution in [1.82, 2.24) is 4.98 Å². The quantitative estimate of drug-likeness (QED) is 0.254. The third-order valence-corrected chi connectivity index (χ3v) is 7.06. The van der Waals surface area contributed by atoms with E-state index in [4.69, 9.17) is 29.4 Å². The third kappa shape index (κ3) is 4.40. The van der Waals surface area contributed by atoms with Crippen LogP contribution in [0.2, 0.25) is 0 Å². The van der Waals surface area contributed by atoms with E-state index in [-0.39, 0.29) is 17.0 Å². The number of nitrogens with two attached hydrogens (primary N) is 1. The zero-order valence-corrected chi connectivity index (χ0v) is 22.1. The molecule has 0 atom stereocenters. The number of carbonyl (C=O) groups excluding carboxylic acids is 2. The molecule has 2 N–H and O–H groups in total. The second kappa shape index (κ2) is 10.4. The van der Waals surface area contributed by atoms with Crippen LogP contribution in [0.25, 0.3) is 21.3 Å². The molecule has 0 saturated heterocycles. The van der Waals surface area contributed by atoms with Crippen molar-refractivity contribution in [3.05, 3.63) is 58.1 Å². The number of benzene rings is 2. The van der Waals surface area contributed by atoms with Crippen molar-refractivity contribution in [2.75, 3.05) is 41.3 Å². The van der Waals surface area contributed by atoms with Gasteiger partial charge in [0.25, 0.3) is 0 Å². The average Bonchev–Trinajstić information content (AvgIpc) is 3.25. The maximum Gasteiger partial charge on any atom is 0.340 e. The number of anilines is 1. The van der Waals surface area contributed by atoms with Crippen LogP contribution in [0.3, 0.4) is 0 Å². The lowest BCUT2D eigenvalue weighted by Gasteiger charge is -2.17. The second-order valence-corrected chi connectivity index (χ2v) is 8.93. The molecular formula is C27H26N2O7S. The SMILES string of the molecule is COC(=O)c1c(C)nc2sc(C(=O)c3ccc(OC)cc3)c(N)c2c1-c1cc(OC)c(OC)c(OC)c1. The van der Waals surface area contributed by atoms with E-state index < -0.39 is 5.97 Å². The summed E-state index contributed by atoms with van der Waals surface area (Å²) in [5.74, 6) is 0.937. The van der Waals surface area contributed by atoms with Crippen LogP contribution < -0.4 is 24.7 Å². The predicted octanol–water partition coefficient (Wildman–Crippen LogP) is 4.91. The van der Waals surface area contributed by atoms with Gasteiger partial charge in [-0.15, -0.1) is 11.3 Å². The van der Waals surface area contributed by atoms with Crippen LogP contribution >= 0.6 is 11.3 Å². The van der Waals surface area contributed by atoms with E-state index in [0.717, 1.165) is 11.3 Å². The highest BCUT2D eigenvalue weighted by Crippen LogP contribution is 2.47. The lowest BCUT2D eigenvalue weighted by atomic mass is 9.94. The maximum atomic E-state index is 13.4. The van der Waals surface area contributed by atoms with Crippen molar-refractivity contribution < 1.29 is 33.3 Å². The van der Waals surface area contributed by atoms with E-state index in [1.165, 1.54) is 28.4 Å². The zero-order valence-electron chi connectivity index (χ0n) is 21.3. The molecule has 37 heavy (non-hydrogen) atoms. The van der Waals surface area contributed by atoms with E-state index in [1.807, 2.05) is 0 Å². The van der Waals surface area contributed by atoms with Gasteiger partial charge >= 0.3 is 5.97 Å². The minimum absolute atomic E-state index is 0.210. The lowest BCUT2D eigenvalue weighted by molar-refractivity contribution is 0.0600. The molecule has 2 aromatic heterocycles. The number of carbonyl (C=O) groups is 2. The first-order valence-electron chi connectivity index (χ1n) is 11.1. The molecule has 4 aromatic rings. The molecule has 0 spiro atoms. The number of rotatable bonds is 8. The molecule has 0 aliphatic rings. The number of ketones is 1. The van der Waals surface area contributed by atoms with Gasteiger partial charge in [-0.25, -0.2) is 9.78 Å². The summed E-state index contributed by atoms with van der Waals surface area (Å²) >= 11 is 1.16. The van der Waals surface area contributed by atoms with Gasteiger partial charge in [0.05, 0.1) is 52.5 Å². The van der Waals surface area contributed by atoms with Crippen LogP contribution in [-0.2, 0) is 4.74 Å². The van der Waals surface area contributed by atoms with Gasteiger partial charge in [0.15, 0.2) is 11.5 Å². The van der Waals surface area contributed by atoms with Crippen molar-refractivity contribution in [2.24, 2.45) is 0 Å². The Balaban J connectivity index is 2.05. The number of nitrogen functional groups attached to an aromatic ring is 1. The summed E-state index contributed by atoms with van der Waals surface area (Å²) in [5, 5.41) is 0.460. The van der Waals surface area contributed by atoms with Crippen LogP contribution in [0.4, 0.5) is 5.69 Å². The molecule has 0 fully saturated rings. The summed E-state index contributed by atoms with van der Waals surface area (Å²) in [6.45, 7) is 1.70. The van der Waals surface area contributed by atoms with Crippen LogP contribution in [0.1, 0.15) is 31.3 Å². The van der Waals surface area contributed by atoms with Crippen molar-refractivity contribution in [2.45, 2.75) is 6.92 Å². The molecule has 0 radical (unpaired) electrons. The highest BCUT2D eigenvalue weighted by molar-refractivity contribution is 7.21. The predicted molar refractivity (Wildman–Crippen MR) is 142 cm³/mol. The summed E-state index contributed by atoms with van der Waals surface area (Å²) < 4.78 is 26.8. The molecule has 0 amide bonds. The number of aromatic nitrogens is 1. The topological polar surface area (TPSA) is 119 Å². The average molecular weight is 523 g/mol. The van der Waals surface area contributed by atoms with Gasteiger partial charge in [0.2, 0.25) is 11.5 Å². The standard InChI is InChI=1S/C27H26N2O7S/c1-13-19(27(31)36-6)20(15-11-17(33-3)24(35-5)18(12-15)34-4)21-22(28)25(37-26(21)29-13)23(30)14-7-9-16(32-2)10-8-14/h7-12H,28H2,1-6H3. The fourth-order valence-corrected chi connectivity index (χ4v) is 5.29. The van der Waals surface area contributed by atoms with Gasteiger partial charge in [0, 0.05) is 16.5 Å². The number of pyridine rings is 1. The van der Waals surface area contributed by atoms with Gasteiger partial charge in [-0.05, 0) is 48.9 Å².